The first-order valence-corrected chi connectivity index (χ1v) is 69.7. The van der Waals surface area contributed by atoms with Crippen molar-refractivity contribution in [2.24, 2.45) is 0 Å². The number of ether oxygens (including phenoxy) is 1. The van der Waals surface area contributed by atoms with Gasteiger partial charge in [0, 0.05) is 16.7 Å². The maximum atomic E-state index is 5.82. The van der Waals surface area contributed by atoms with Gasteiger partial charge in [-0.2, -0.15) is 0 Å². The van der Waals surface area contributed by atoms with Gasteiger partial charge in [-0.15, -0.1) is 0 Å². The Morgan fingerprint density at radius 1 is 0.184 bits per heavy atom. The summed E-state index contributed by atoms with van der Waals surface area (Å²) in [5.74, 6) is 2.73. The quantitative estimate of drug-likeness (QED) is 0.0628. The van der Waals surface area contributed by atoms with E-state index in [0.717, 1.165) is 5.75 Å². The van der Waals surface area contributed by atoms with Crippen LogP contribution in [0.5, 0.6) is 5.75 Å². The summed E-state index contributed by atoms with van der Waals surface area (Å²) in [6, 6.07) is 167. The van der Waals surface area contributed by atoms with E-state index in [2.05, 4.69) is 620 Å². The van der Waals surface area contributed by atoms with Crippen molar-refractivity contribution in [1.82, 2.24) is 0 Å². The van der Waals surface area contributed by atoms with Crippen molar-refractivity contribution in [2.75, 3.05) is 0 Å². The van der Waals surface area contributed by atoms with Gasteiger partial charge in [0.05, 0.1) is 0 Å². The molecule has 0 spiro atoms. The first-order chi connectivity index (χ1) is 70.4. The molecular formula is C137H148I9O+9. The molecule has 0 aliphatic rings. The van der Waals surface area contributed by atoms with Crippen molar-refractivity contribution in [3.05, 3.63) is 598 Å². The molecule has 147 heavy (non-hydrogen) atoms. The second kappa shape index (κ2) is 64.4. The molecule has 0 atom stereocenters. The summed E-state index contributed by atoms with van der Waals surface area (Å²) in [4.78, 5) is 0. The predicted octanol–water partition coefficient (Wildman–Crippen LogP) is 7.94. The van der Waals surface area contributed by atoms with Crippen LogP contribution >= 0.6 is 0 Å². The standard InChI is InChI=1S/C21H28I.2C17H20I.C16H18IO.2C14H14I.2C13H12I.C12H10I/c1-14(2)17-12-19(15(3)4)21(20(13-17)16(5)6)22-18-10-8-7-9-11-18;2*1-13-5-9-15(10-6-13)18-16-11-7-14(8-12-16)17(2,3)4;1-16(2,3)18-15-11-9-14(10-12-15)17-13-7-5-4-6-8-13;1-11-3-7-13(8-4-11)15-14-9-5-12(2)6-10-14;1-11-8-9-14(12(2)10-11)15-13-6-4-3-5-7-13;2*1-11-7-9-13(10-8-11)14-12-5-3-2-4-6-12;1-3-7-11(8-4-1)13-12-9-5-2-6-10-12/h7-16H,1-6H3;2*5-12H,1-4H3;4-12H,1-3H3;2*3-10H,1-2H3;2*2-10H,1H3;1-10H/q9*+1. The zero-order valence-electron chi connectivity index (χ0n) is 89.9. The molecule has 0 saturated heterocycles. The van der Waals surface area contributed by atoms with Gasteiger partial charge >= 0.3 is 191 Å². The van der Waals surface area contributed by atoms with E-state index >= 15 is 0 Å². The average Bonchev–Trinajstić information content (AvgIpc) is 0.792. The fourth-order valence-corrected chi connectivity index (χ4v) is 35.2. The molecule has 0 N–H and O–H groups in total. The van der Waals surface area contributed by atoms with E-state index < -0.39 is 0 Å². The van der Waals surface area contributed by atoms with Crippen LogP contribution < -0.4 is 196 Å². The highest BCUT2D eigenvalue weighted by Crippen LogP contribution is 2.28. The lowest BCUT2D eigenvalue weighted by molar-refractivity contribution is -0.599. The number of aryl methyl sites for hydroxylation is 8. The smallest absolute Gasteiger partial charge is 0.358 e. The van der Waals surface area contributed by atoms with Crippen molar-refractivity contribution in [1.29, 1.82) is 0 Å². The van der Waals surface area contributed by atoms with Crippen molar-refractivity contribution < 1.29 is 196 Å². The molecule has 0 unspecified atom stereocenters. The van der Waals surface area contributed by atoms with Gasteiger partial charge in [0.25, 0.3) is 0 Å². The molecule has 0 aromatic heterocycles. The number of hydrogen-bond acceptors (Lipinski definition) is 1. The van der Waals surface area contributed by atoms with E-state index in [1.807, 2.05) is 0 Å². The van der Waals surface area contributed by atoms with Gasteiger partial charge < -0.3 is 4.74 Å². The van der Waals surface area contributed by atoms with Gasteiger partial charge in [-0.1, -0.05) is 371 Å². The second-order valence-electron chi connectivity index (χ2n) is 39.6. The first kappa shape index (κ1) is 121. The molecule has 756 valence electrons. The normalized spacial score (nSPS) is 10.8. The molecule has 0 heterocycles. The van der Waals surface area contributed by atoms with Crippen LogP contribution in [0.1, 0.15) is 194 Å². The van der Waals surface area contributed by atoms with Crippen LogP contribution in [0, 0.1) is 120 Å². The van der Waals surface area contributed by atoms with Crippen molar-refractivity contribution in [3.63, 3.8) is 0 Å². The lowest BCUT2D eigenvalue weighted by Gasteiger charge is -2.20. The number of rotatable bonds is 22. The summed E-state index contributed by atoms with van der Waals surface area (Å²) in [5, 5.41) is 0. The highest BCUT2D eigenvalue weighted by atomic mass is 127. The van der Waals surface area contributed by atoms with E-state index in [1.165, 1.54) is 122 Å². The monoisotopic (exact) mass is 2950 g/mol. The molecule has 10 heteroatoms. The molecule has 0 radical (unpaired) electrons. The van der Waals surface area contributed by atoms with Crippen LogP contribution in [0.4, 0.5) is 0 Å². The third-order valence-electron chi connectivity index (χ3n) is 22.2. The molecule has 18 aromatic rings. The topological polar surface area (TPSA) is 9.23 Å². The van der Waals surface area contributed by atoms with Gasteiger partial charge in [-0.05, 0) is 334 Å². The summed E-state index contributed by atoms with van der Waals surface area (Å²) in [6.45, 7) is 50.9. The third-order valence-corrected chi connectivity index (χ3v) is 47.2. The molecule has 0 aliphatic heterocycles. The van der Waals surface area contributed by atoms with E-state index in [0.29, 0.717) is 17.8 Å². The van der Waals surface area contributed by atoms with Gasteiger partial charge in [0.15, 0.2) is 60.7 Å². The van der Waals surface area contributed by atoms with Crippen LogP contribution in [0.25, 0.3) is 0 Å². The Labute approximate surface area is 979 Å². The molecule has 0 saturated carbocycles. The van der Waals surface area contributed by atoms with E-state index in [-0.39, 0.29) is 207 Å². The van der Waals surface area contributed by atoms with Gasteiger partial charge in [-0.3, -0.25) is 0 Å². The largest absolute Gasteiger partial charge is 0.488 e. The minimum Gasteiger partial charge on any atom is -0.488 e. The zero-order chi connectivity index (χ0) is 106. The summed E-state index contributed by atoms with van der Waals surface area (Å²) < 4.78 is 32.7. The Morgan fingerprint density at radius 2 is 0.374 bits per heavy atom. The molecule has 1 nitrogen and oxygen atoms in total. The maximum absolute atomic E-state index is 5.82. The van der Waals surface area contributed by atoms with E-state index in [9.17, 15) is 0 Å². The Balaban J connectivity index is 0.000000170. The Bertz CT molecular complexity index is 6440. The lowest BCUT2D eigenvalue weighted by Crippen LogP contribution is -3.62. The maximum Gasteiger partial charge on any atom is 0.358 e. The number of halogens is 9. The van der Waals surface area contributed by atoms with Crippen LogP contribution in [-0.2, 0) is 10.8 Å². The minimum atomic E-state index is -0.129. The van der Waals surface area contributed by atoms with Crippen LogP contribution in [0.15, 0.2) is 461 Å². The van der Waals surface area contributed by atoms with Gasteiger partial charge in [-0.25, -0.2) is 0 Å². The average molecular weight is 2950 g/mol. The zero-order valence-corrected chi connectivity index (χ0v) is 109. The van der Waals surface area contributed by atoms with Gasteiger partial charge in [0.2, 0.25) is 3.57 Å². The van der Waals surface area contributed by atoms with Gasteiger partial charge in [0.1, 0.15) is 11.4 Å². The molecule has 0 amide bonds. The Kier molecular flexibility index (Phi) is 53.1. The fourth-order valence-electron chi connectivity index (χ4n) is 13.9. The first-order valence-electron chi connectivity index (χ1n) is 50.3. The van der Waals surface area contributed by atoms with Crippen molar-refractivity contribution in [3.8, 4) is 5.75 Å². The Morgan fingerprint density at radius 3 is 0.571 bits per heavy atom. The fraction of sp³-hybridized carbons (Fsp3) is 0.212. The molecular weight excluding hydrogens is 2800 g/mol. The molecule has 0 bridgehead atoms. The molecule has 18 aromatic carbocycles. The summed E-state index contributed by atoms with van der Waals surface area (Å²) in [7, 11) is 0. The SMILES string of the molecule is CC(C)(C)Oc1ccc([I+]c2ccccc2)cc1.CC(C)c1cc(C(C)C)c([I+]c2ccccc2)c(C(C)C)c1.Cc1ccc([I+]c2ccc(C(C)(C)C)cc2)cc1.Cc1ccc([I+]c2ccc(C(C)(C)C)cc2)cc1.Cc1ccc([I+]c2ccc(C)cc2)cc1.Cc1ccc([I+]c2ccccc2)c(C)c1.Cc1ccc([I+]c2ccccc2)cc1.Cc1ccc([I+]c2ccccc2)cc1.c1ccc([I+]c2ccccc2)cc1. The van der Waals surface area contributed by atoms with Crippen LogP contribution in [0.2, 0.25) is 0 Å². The highest BCUT2D eigenvalue weighted by Gasteiger charge is 2.30. The Hall–Kier alpha value is -7.67. The molecule has 0 fully saturated rings. The van der Waals surface area contributed by atoms with E-state index in [4.69, 9.17) is 4.74 Å². The van der Waals surface area contributed by atoms with Crippen molar-refractivity contribution >= 4 is 0 Å². The van der Waals surface area contributed by atoms with Crippen molar-refractivity contribution in [2.45, 2.75) is 193 Å². The second-order valence-corrected chi connectivity index (χ2v) is 66.6. The summed E-state index contributed by atoms with van der Waals surface area (Å²) in [5.41, 5.74) is 18.7. The van der Waals surface area contributed by atoms with E-state index in [1.54, 1.807) is 14.7 Å². The van der Waals surface area contributed by atoms with Crippen LogP contribution in [0.3, 0.4) is 0 Å². The number of hydrogen-bond donors (Lipinski definition) is 0. The summed E-state index contributed by atoms with van der Waals surface area (Å²) in [6.07, 6.45) is 0. The molecule has 18 rings (SSSR count). The summed E-state index contributed by atoms with van der Waals surface area (Å²) >= 11 is -0.197. The third kappa shape index (κ3) is 47.6. The number of benzene rings is 18. The molecule has 0 aliphatic carbocycles. The highest BCUT2D eigenvalue weighted by molar-refractivity contribution is 5.36. The lowest BCUT2D eigenvalue weighted by atomic mass is 9.87. The van der Waals surface area contributed by atoms with Crippen LogP contribution in [-0.4, -0.2) is 5.60 Å². The minimum absolute atomic E-state index is 0.00313. The predicted molar refractivity (Wildman–Crippen MR) is 590 cm³/mol.